The summed E-state index contributed by atoms with van der Waals surface area (Å²) in [5.41, 5.74) is 1.53. The number of likely N-dealkylation sites (N-methyl/N-ethyl adjacent to an activating group) is 1. The molecule has 0 spiro atoms. The average molecular weight is 399 g/mol. The number of aryl methyl sites for hydroxylation is 2. The predicted molar refractivity (Wildman–Crippen MR) is 90.4 cm³/mol. The quantitative estimate of drug-likeness (QED) is 0.547. The van der Waals surface area contributed by atoms with Gasteiger partial charge in [-0.1, -0.05) is 0 Å². The molecule has 0 bridgehead atoms. The maximum Gasteiger partial charge on any atom is 0.312 e. The summed E-state index contributed by atoms with van der Waals surface area (Å²) >= 11 is 3.43. The topological polar surface area (TPSA) is 99.1 Å². The monoisotopic (exact) mass is 398 g/mol. The highest BCUT2D eigenvalue weighted by atomic mass is 79.9. The molecule has 2 rings (SSSR count). The van der Waals surface area contributed by atoms with Gasteiger partial charge in [-0.2, -0.15) is 10.2 Å². The van der Waals surface area contributed by atoms with Gasteiger partial charge in [0.05, 0.1) is 27.8 Å². The number of nitro groups is 1. The van der Waals surface area contributed by atoms with Gasteiger partial charge in [-0.3, -0.25) is 24.3 Å². The van der Waals surface area contributed by atoms with Gasteiger partial charge in [0.1, 0.15) is 17.9 Å². The molecule has 0 aromatic carbocycles. The van der Waals surface area contributed by atoms with Crippen LogP contribution in [0.25, 0.3) is 0 Å². The van der Waals surface area contributed by atoms with E-state index >= 15 is 0 Å². The van der Waals surface area contributed by atoms with Crippen molar-refractivity contribution in [2.24, 2.45) is 0 Å². The zero-order valence-corrected chi connectivity index (χ0v) is 15.6. The van der Waals surface area contributed by atoms with Gasteiger partial charge in [0.2, 0.25) is 5.91 Å². The first-order valence-electron chi connectivity index (χ1n) is 7.38. The summed E-state index contributed by atoms with van der Waals surface area (Å²) < 4.78 is 4.02. The third kappa shape index (κ3) is 3.48. The number of hydrogen-bond acceptors (Lipinski definition) is 5. The third-order valence-electron chi connectivity index (χ3n) is 3.82. The summed E-state index contributed by atoms with van der Waals surface area (Å²) in [4.78, 5) is 24.6. The van der Waals surface area contributed by atoms with E-state index in [0.717, 1.165) is 10.2 Å². The van der Waals surface area contributed by atoms with Crippen LogP contribution in [0.3, 0.4) is 0 Å². The van der Waals surface area contributed by atoms with Crippen LogP contribution >= 0.6 is 15.9 Å². The van der Waals surface area contributed by atoms with Crippen molar-refractivity contribution in [2.75, 3.05) is 7.05 Å². The Morgan fingerprint density at radius 3 is 2.62 bits per heavy atom. The van der Waals surface area contributed by atoms with Gasteiger partial charge in [0, 0.05) is 13.6 Å². The second kappa shape index (κ2) is 7.12. The predicted octanol–water partition coefficient (Wildman–Crippen LogP) is 2.05. The fourth-order valence-corrected chi connectivity index (χ4v) is 2.91. The van der Waals surface area contributed by atoms with E-state index in [-0.39, 0.29) is 18.1 Å². The first-order valence-corrected chi connectivity index (χ1v) is 8.18. The van der Waals surface area contributed by atoms with E-state index in [1.807, 2.05) is 11.6 Å². The zero-order chi connectivity index (χ0) is 18.0. The summed E-state index contributed by atoms with van der Waals surface area (Å²) in [6.45, 7) is 6.16. The highest BCUT2D eigenvalue weighted by Crippen LogP contribution is 2.22. The molecule has 0 aliphatic carbocycles. The summed E-state index contributed by atoms with van der Waals surface area (Å²) in [6.07, 6.45) is 1.70. The number of carbonyl (C=O) groups excluding carboxylic acids is 1. The number of hydrogen-bond donors (Lipinski definition) is 0. The van der Waals surface area contributed by atoms with Crippen LogP contribution in [0, 0.1) is 24.0 Å². The Balaban J connectivity index is 2.14. The van der Waals surface area contributed by atoms with Crippen LogP contribution < -0.4 is 0 Å². The second-order valence-electron chi connectivity index (χ2n) is 5.44. The molecule has 0 unspecified atom stereocenters. The van der Waals surface area contributed by atoms with E-state index in [0.29, 0.717) is 24.5 Å². The lowest BCUT2D eigenvalue weighted by atomic mass is 10.3. The van der Waals surface area contributed by atoms with Crippen LogP contribution in [-0.2, 0) is 24.4 Å². The summed E-state index contributed by atoms with van der Waals surface area (Å²) in [5, 5.41) is 19.4. The van der Waals surface area contributed by atoms with Crippen molar-refractivity contribution in [3.8, 4) is 0 Å². The Labute approximate surface area is 147 Å². The highest BCUT2D eigenvalue weighted by Gasteiger charge is 2.24. The lowest BCUT2D eigenvalue weighted by Crippen LogP contribution is -2.31. The second-order valence-corrected chi connectivity index (χ2v) is 6.29. The molecule has 2 aromatic heterocycles. The van der Waals surface area contributed by atoms with Crippen LogP contribution in [0.4, 0.5) is 5.69 Å². The number of halogens is 1. The molecule has 10 heteroatoms. The van der Waals surface area contributed by atoms with Gasteiger partial charge in [-0.25, -0.2) is 0 Å². The minimum Gasteiger partial charge on any atom is -0.338 e. The fourth-order valence-electron chi connectivity index (χ4n) is 2.48. The van der Waals surface area contributed by atoms with Crippen molar-refractivity contribution in [2.45, 2.75) is 40.4 Å². The molecule has 0 N–H and O–H groups in total. The molecular formula is C14H19BrN6O3. The van der Waals surface area contributed by atoms with Crippen LogP contribution in [0.5, 0.6) is 0 Å². The molecule has 24 heavy (non-hydrogen) atoms. The molecule has 0 atom stereocenters. The molecule has 0 saturated heterocycles. The molecule has 0 radical (unpaired) electrons. The van der Waals surface area contributed by atoms with Gasteiger partial charge in [-0.05, 0) is 36.7 Å². The minimum atomic E-state index is -0.473. The van der Waals surface area contributed by atoms with Gasteiger partial charge < -0.3 is 4.90 Å². The van der Waals surface area contributed by atoms with E-state index in [9.17, 15) is 14.9 Å². The molecule has 130 valence electrons. The third-order valence-corrected chi connectivity index (χ3v) is 4.48. The molecule has 2 heterocycles. The van der Waals surface area contributed by atoms with E-state index < -0.39 is 4.92 Å². The maximum atomic E-state index is 12.4. The first kappa shape index (κ1) is 18.1. The first-order chi connectivity index (χ1) is 11.3. The normalized spacial score (nSPS) is 10.9. The Bertz CT molecular complexity index is 782. The van der Waals surface area contributed by atoms with Crippen LogP contribution in [-0.4, -0.2) is 42.3 Å². The molecule has 0 saturated carbocycles. The Hall–Kier alpha value is -2.23. The van der Waals surface area contributed by atoms with E-state index in [4.69, 9.17) is 0 Å². The van der Waals surface area contributed by atoms with Crippen LogP contribution in [0.1, 0.15) is 24.0 Å². The molecule has 0 aliphatic heterocycles. The Morgan fingerprint density at radius 2 is 2.08 bits per heavy atom. The number of rotatable bonds is 6. The molecule has 9 nitrogen and oxygen atoms in total. The summed E-state index contributed by atoms with van der Waals surface area (Å²) in [7, 11) is 1.68. The smallest absolute Gasteiger partial charge is 0.312 e. The van der Waals surface area contributed by atoms with E-state index in [1.165, 1.54) is 4.68 Å². The lowest BCUT2D eigenvalue weighted by Gasteiger charge is -2.18. The van der Waals surface area contributed by atoms with Gasteiger partial charge >= 0.3 is 5.69 Å². The number of carbonyl (C=O) groups is 1. The van der Waals surface area contributed by atoms with E-state index in [1.54, 1.807) is 32.0 Å². The molecule has 0 fully saturated rings. The molecule has 0 aliphatic rings. The maximum absolute atomic E-state index is 12.4. The zero-order valence-electron chi connectivity index (χ0n) is 14.0. The van der Waals surface area contributed by atoms with Crippen molar-refractivity contribution >= 4 is 27.5 Å². The van der Waals surface area contributed by atoms with Crippen LogP contribution in [0.2, 0.25) is 0 Å². The van der Waals surface area contributed by atoms with Crippen molar-refractivity contribution in [3.63, 3.8) is 0 Å². The Kier molecular flexibility index (Phi) is 5.37. The fraction of sp³-hybridized carbons (Fsp3) is 0.500. The largest absolute Gasteiger partial charge is 0.338 e. The number of nitrogens with zero attached hydrogens (tertiary/aromatic N) is 6. The standard InChI is InChI=1S/C14H19BrN6O3/c1-5-19-12(11(15)6-16-19)7-18(4)13(22)8-20-10(3)14(21(23)24)9(2)17-20/h6H,5,7-8H2,1-4H3. The van der Waals surface area contributed by atoms with Gasteiger partial charge in [-0.15, -0.1) is 0 Å². The van der Waals surface area contributed by atoms with Crippen molar-refractivity contribution < 1.29 is 9.72 Å². The number of amides is 1. The molecule has 1 amide bonds. The van der Waals surface area contributed by atoms with E-state index in [2.05, 4.69) is 26.1 Å². The minimum absolute atomic E-state index is 0.0442. The summed E-state index contributed by atoms with van der Waals surface area (Å²) in [6, 6.07) is 0. The van der Waals surface area contributed by atoms with Crippen molar-refractivity contribution in [1.82, 2.24) is 24.5 Å². The lowest BCUT2D eigenvalue weighted by molar-refractivity contribution is -0.386. The SMILES string of the molecule is CCn1ncc(Br)c1CN(C)C(=O)Cn1nc(C)c([N+](=O)[O-])c1C. The Morgan fingerprint density at radius 1 is 1.42 bits per heavy atom. The number of aromatic nitrogens is 4. The van der Waals surface area contributed by atoms with Crippen LogP contribution in [0.15, 0.2) is 10.7 Å². The average Bonchev–Trinajstić information content (AvgIpc) is 2.99. The summed E-state index contributed by atoms with van der Waals surface area (Å²) in [5.74, 6) is -0.189. The molecule has 2 aromatic rings. The van der Waals surface area contributed by atoms with Crippen molar-refractivity contribution in [1.29, 1.82) is 0 Å². The highest BCUT2D eigenvalue weighted by molar-refractivity contribution is 9.10. The van der Waals surface area contributed by atoms with Gasteiger partial charge in [0.15, 0.2) is 0 Å². The molecular weight excluding hydrogens is 380 g/mol. The van der Waals surface area contributed by atoms with Gasteiger partial charge in [0.25, 0.3) is 0 Å². The van der Waals surface area contributed by atoms with Crippen molar-refractivity contribution in [3.05, 3.63) is 37.9 Å².